The summed E-state index contributed by atoms with van der Waals surface area (Å²) in [5, 5.41) is 15.9. The molecule has 1 radical (unpaired) electrons. The molecule has 3 heterocycles. The summed E-state index contributed by atoms with van der Waals surface area (Å²) in [4.78, 5) is 17.4. The number of hydrogen-bond acceptors (Lipinski definition) is 5. The number of thiophene rings is 1. The summed E-state index contributed by atoms with van der Waals surface area (Å²) < 4.78 is 7.60. The maximum atomic E-state index is 12.2. The van der Waals surface area contributed by atoms with Gasteiger partial charge in [0.25, 0.3) is 0 Å². The van der Waals surface area contributed by atoms with Crippen molar-refractivity contribution in [3.63, 3.8) is 0 Å². The molecule has 6 aromatic rings. The van der Waals surface area contributed by atoms with E-state index in [0.717, 1.165) is 71.2 Å². The molecule has 0 amide bonds. The first-order chi connectivity index (χ1) is 25.9. The Kier molecular flexibility index (Phi) is 14.4. The number of furan rings is 1. The van der Waals surface area contributed by atoms with E-state index in [2.05, 4.69) is 115 Å². The van der Waals surface area contributed by atoms with Gasteiger partial charge in [0, 0.05) is 54.5 Å². The number of allylic oxidation sites excluding steroid dienone is 2. The molecule has 0 saturated heterocycles. The van der Waals surface area contributed by atoms with Gasteiger partial charge >= 0.3 is 0 Å². The minimum Gasteiger partial charge on any atom is -0.512 e. The van der Waals surface area contributed by atoms with Crippen molar-refractivity contribution in [3.05, 3.63) is 100 Å². The Labute approximate surface area is 353 Å². The van der Waals surface area contributed by atoms with E-state index in [1.807, 2.05) is 41.5 Å². The normalized spacial score (nSPS) is 12.6. The number of nitrogens with zero attached hydrogens (tertiary/aromatic N) is 1. The Morgan fingerprint density at radius 2 is 1.54 bits per heavy atom. The number of aliphatic hydroxyl groups excluding tert-OH is 1. The van der Waals surface area contributed by atoms with Gasteiger partial charge in [0.15, 0.2) is 5.78 Å². The van der Waals surface area contributed by atoms with Crippen molar-refractivity contribution in [2.75, 3.05) is 0 Å². The molecule has 0 atom stereocenters. The summed E-state index contributed by atoms with van der Waals surface area (Å²) in [5.41, 5.74) is 9.57. The molecule has 301 valence electrons. The van der Waals surface area contributed by atoms with Gasteiger partial charge in [-0.15, -0.1) is 40.5 Å². The first-order valence-electron chi connectivity index (χ1n) is 20.2. The fraction of sp³-hybridized carbons (Fsp3) is 0.440. The zero-order chi connectivity index (χ0) is 40.5. The Bertz CT molecular complexity index is 2340. The number of rotatable bonds is 11. The molecule has 0 spiro atoms. The fourth-order valence-electron chi connectivity index (χ4n) is 7.16. The SMILES string of the molecule is CCC(C)(CC)C(=O)/C=C(\O)C(C)(CC)CC.Cc1c(CC(C)C)oc2cc(-c3cc(-c4[c-]c5ccccc5c(C(C)(C)C)c4)nc4c(C)csc34)ccc12.[Ir]. The van der Waals surface area contributed by atoms with E-state index in [4.69, 9.17) is 9.40 Å². The van der Waals surface area contributed by atoms with Crippen molar-refractivity contribution < 1.29 is 34.4 Å². The number of aliphatic hydroxyl groups is 1. The van der Waals surface area contributed by atoms with Gasteiger partial charge in [-0.1, -0.05) is 124 Å². The molecule has 6 heteroatoms. The third-order valence-electron chi connectivity index (χ3n) is 12.1. The Hall–Kier alpha value is -3.57. The van der Waals surface area contributed by atoms with Crippen molar-refractivity contribution in [2.24, 2.45) is 16.7 Å². The predicted octanol–water partition coefficient (Wildman–Crippen LogP) is 15.1. The number of pyridine rings is 1. The van der Waals surface area contributed by atoms with Crippen LogP contribution in [0, 0.1) is 36.7 Å². The van der Waals surface area contributed by atoms with Crippen LogP contribution in [0.1, 0.15) is 124 Å². The Morgan fingerprint density at radius 3 is 2.14 bits per heavy atom. The third kappa shape index (κ3) is 9.25. The van der Waals surface area contributed by atoms with Gasteiger partial charge in [-0.3, -0.25) is 9.78 Å². The topological polar surface area (TPSA) is 63.3 Å². The molecule has 6 rings (SSSR count). The predicted molar refractivity (Wildman–Crippen MR) is 236 cm³/mol. The van der Waals surface area contributed by atoms with E-state index in [0.29, 0.717) is 5.92 Å². The fourth-order valence-corrected chi connectivity index (χ4v) is 8.18. The molecule has 0 aliphatic heterocycles. The molecule has 0 saturated carbocycles. The molecule has 3 aromatic heterocycles. The minimum absolute atomic E-state index is 0. The van der Waals surface area contributed by atoms with Gasteiger partial charge in [0.05, 0.1) is 10.2 Å². The van der Waals surface area contributed by atoms with Crippen LogP contribution in [0.25, 0.3) is 54.3 Å². The first-order valence-corrected chi connectivity index (χ1v) is 21.1. The van der Waals surface area contributed by atoms with E-state index in [-0.39, 0.29) is 47.9 Å². The van der Waals surface area contributed by atoms with E-state index in [1.54, 1.807) is 11.3 Å². The number of ketones is 1. The second kappa shape index (κ2) is 17.9. The van der Waals surface area contributed by atoms with Crippen molar-refractivity contribution in [1.29, 1.82) is 0 Å². The van der Waals surface area contributed by atoms with Crippen LogP contribution >= 0.6 is 11.3 Å². The summed E-state index contributed by atoms with van der Waals surface area (Å²) >= 11 is 1.77. The van der Waals surface area contributed by atoms with E-state index >= 15 is 0 Å². The van der Waals surface area contributed by atoms with Gasteiger partial charge in [-0.25, -0.2) is 0 Å². The van der Waals surface area contributed by atoms with Crippen LogP contribution < -0.4 is 0 Å². The number of aryl methyl sites for hydroxylation is 2. The van der Waals surface area contributed by atoms with Gasteiger partial charge in [0.1, 0.15) is 17.1 Å². The van der Waals surface area contributed by atoms with Crippen LogP contribution in [0.4, 0.5) is 0 Å². The van der Waals surface area contributed by atoms with E-state index in [1.165, 1.54) is 43.8 Å². The molecule has 1 N–H and O–H groups in total. The number of benzene rings is 3. The molecule has 0 bridgehead atoms. The molecule has 0 fully saturated rings. The average Bonchev–Trinajstić information content (AvgIpc) is 3.70. The van der Waals surface area contributed by atoms with Crippen LogP contribution in [-0.2, 0) is 36.7 Å². The molecular formula is C50H62IrNO3S-. The standard InChI is InChI=1S/C35H34NOS.C15H28O2.Ir/c1-20(2)14-31-22(4)26-13-12-24(17-32(26)37-31)28-18-30(36-33-21(3)19-38-34(28)33)25-15-23-10-8-9-11-27(23)29(16-25)35(5,6)7;1-7-14(5,8-2)12(16)11-13(17)15(6,9-3)10-4;/h8-13,16-20H,14H2,1-7H3;11,16H,7-10H2,1-6H3;/q-1;;/b;12-11-;. The maximum Gasteiger partial charge on any atom is 0.164 e. The summed E-state index contributed by atoms with van der Waals surface area (Å²) in [6.07, 6.45) is 5.71. The molecule has 0 aliphatic carbocycles. The van der Waals surface area contributed by atoms with Crippen LogP contribution in [0.15, 0.2) is 76.2 Å². The van der Waals surface area contributed by atoms with Gasteiger partial charge < -0.3 is 9.52 Å². The molecule has 3 aromatic carbocycles. The number of carbonyl (C=O) groups excluding carboxylic acids is 1. The third-order valence-corrected chi connectivity index (χ3v) is 13.2. The Balaban J connectivity index is 0.000000330. The van der Waals surface area contributed by atoms with Gasteiger partial charge in [0.2, 0.25) is 0 Å². The average molecular weight is 949 g/mol. The van der Waals surface area contributed by atoms with Crippen LogP contribution in [0.3, 0.4) is 0 Å². The summed E-state index contributed by atoms with van der Waals surface area (Å²) in [5.74, 6) is 1.94. The van der Waals surface area contributed by atoms with Crippen molar-refractivity contribution in [2.45, 2.75) is 128 Å². The maximum absolute atomic E-state index is 12.2. The number of carbonyl (C=O) groups is 1. The van der Waals surface area contributed by atoms with Crippen LogP contribution in [0.2, 0.25) is 0 Å². The van der Waals surface area contributed by atoms with Gasteiger partial charge in [-0.2, -0.15) is 0 Å². The molecule has 0 aliphatic rings. The number of fused-ring (bicyclic) bond motifs is 3. The molecule has 4 nitrogen and oxygen atoms in total. The second-order valence-electron chi connectivity index (χ2n) is 17.4. The molecule has 0 unspecified atom stereocenters. The van der Waals surface area contributed by atoms with Crippen LogP contribution in [0.5, 0.6) is 0 Å². The Morgan fingerprint density at radius 1 is 0.893 bits per heavy atom. The summed E-state index contributed by atoms with van der Waals surface area (Å²) in [7, 11) is 0. The van der Waals surface area contributed by atoms with E-state index < -0.39 is 0 Å². The summed E-state index contributed by atoms with van der Waals surface area (Å²) in [6, 6.07) is 23.5. The van der Waals surface area contributed by atoms with Crippen molar-refractivity contribution in [3.8, 4) is 22.4 Å². The number of aromatic nitrogens is 1. The second-order valence-corrected chi connectivity index (χ2v) is 18.3. The van der Waals surface area contributed by atoms with Crippen LogP contribution in [-0.4, -0.2) is 15.9 Å². The van der Waals surface area contributed by atoms with Crippen molar-refractivity contribution >= 4 is 49.1 Å². The number of hydrogen-bond donors (Lipinski definition) is 1. The van der Waals surface area contributed by atoms with E-state index in [9.17, 15) is 9.90 Å². The van der Waals surface area contributed by atoms with Crippen molar-refractivity contribution in [1.82, 2.24) is 4.98 Å². The largest absolute Gasteiger partial charge is 0.512 e. The monoisotopic (exact) mass is 949 g/mol. The minimum atomic E-state index is -0.337. The zero-order valence-electron chi connectivity index (χ0n) is 35.9. The zero-order valence-corrected chi connectivity index (χ0v) is 39.1. The van der Waals surface area contributed by atoms with Gasteiger partial charge in [-0.05, 0) is 84.6 Å². The molecular weight excluding hydrogens is 887 g/mol. The quantitative estimate of drug-likeness (QED) is 0.0798. The summed E-state index contributed by atoms with van der Waals surface area (Å²) in [6.45, 7) is 27.7. The first kappa shape index (κ1) is 45.1. The smallest absolute Gasteiger partial charge is 0.164 e. The molecule has 56 heavy (non-hydrogen) atoms.